The van der Waals surface area contributed by atoms with Gasteiger partial charge in [0.25, 0.3) is 8.32 Å². The van der Waals surface area contributed by atoms with Crippen LogP contribution in [0.5, 0.6) is 0 Å². The average Bonchev–Trinajstić information content (AvgIpc) is 2.72. The zero-order valence-electron chi connectivity index (χ0n) is 20.3. The molecule has 0 aliphatic rings. The molecule has 0 heterocycles. The fourth-order valence-corrected chi connectivity index (χ4v) is 10.0. The number of hydrogen-bond donors (Lipinski definition) is 0. The van der Waals surface area contributed by atoms with E-state index >= 15 is 0 Å². The molecule has 168 valence electrons. The summed E-state index contributed by atoms with van der Waals surface area (Å²) in [7, 11) is -2.33. The van der Waals surface area contributed by atoms with Crippen LogP contribution in [-0.2, 0) is 17.5 Å². The zero-order valence-corrected chi connectivity index (χ0v) is 21.3. The van der Waals surface area contributed by atoms with Gasteiger partial charge in [0.1, 0.15) is 0 Å². The van der Waals surface area contributed by atoms with Gasteiger partial charge in [0, 0.05) is 6.54 Å². The van der Waals surface area contributed by atoms with E-state index in [0.29, 0.717) is 29.7 Å². The van der Waals surface area contributed by atoms with E-state index in [1.807, 2.05) is 35.2 Å². The Morgan fingerprint density at radius 1 is 0.935 bits per heavy atom. The van der Waals surface area contributed by atoms with E-state index in [-0.39, 0.29) is 6.09 Å². The van der Waals surface area contributed by atoms with Crippen molar-refractivity contribution in [3.05, 3.63) is 77.4 Å². The molecule has 1 amide bonds. The molecule has 0 saturated heterocycles. The van der Waals surface area contributed by atoms with Gasteiger partial charge in [-0.05, 0) is 45.8 Å². The molecule has 3 nitrogen and oxygen atoms in total. The number of hydrogen-bond acceptors (Lipinski definition) is 2. The van der Waals surface area contributed by atoms with Crippen LogP contribution in [0.3, 0.4) is 0 Å². The third kappa shape index (κ3) is 5.68. The number of amides is 1. The number of aryl methyl sites for hydroxylation is 1. The maximum absolute atomic E-state index is 13.7. The molecule has 0 N–H and O–H groups in total. The van der Waals surface area contributed by atoms with Crippen molar-refractivity contribution >= 4 is 20.5 Å². The Hall–Kier alpha value is -2.33. The standard InChI is InChI=1S/C27H39NO2Si/c1-9-25-17-13-14-23(8)26(25)19-28(18-24-15-11-10-12-16-24)27(29)30-31(20(2)3,21(4)5)22(6)7/h9-17,20-22H,1,18-19H2,2-8H3. The molecule has 4 heteroatoms. The predicted octanol–water partition coefficient (Wildman–Crippen LogP) is 7.95. The summed E-state index contributed by atoms with van der Waals surface area (Å²) in [4.78, 5) is 15.6. The lowest BCUT2D eigenvalue weighted by Crippen LogP contribution is -2.51. The first kappa shape index (κ1) is 24.9. The van der Waals surface area contributed by atoms with Crippen LogP contribution in [0.25, 0.3) is 6.08 Å². The highest BCUT2D eigenvalue weighted by Gasteiger charge is 2.48. The average molecular weight is 438 g/mol. The van der Waals surface area contributed by atoms with Crippen molar-refractivity contribution in [2.45, 2.75) is 78.2 Å². The molecule has 0 aromatic heterocycles. The minimum atomic E-state index is -2.33. The SMILES string of the molecule is C=Cc1cccc(C)c1CN(Cc1ccccc1)C(=O)O[Si](C(C)C)(C(C)C)C(C)C. The Bertz CT molecular complexity index is 852. The molecule has 0 bridgehead atoms. The highest BCUT2D eigenvalue weighted by molar-refractivity contribution is 6.78. The van der Waals surface area contributed by atoms with Gasteiger partial charge in [0.15, 0.2) is 0 Å². The lowest BCUT2D eigenvalue weighted by molar-refractivity contribution is 0.139. The first-order valence-electron chi connectivity index (χ1n) is 11.4. The molecule has 2 aromatic rings. The molecular weight excluding hydrogens is 398 g/mol. The summed E-state index contributed by atoms with van der Waals surface area (Å²) < 4.78 is 6.54. The van der Waals surface area contributed by atoms with Crippen LogP contribution in [0.2, 0.25) is 16.6 Å². The van der Waals surface area contributed by atoms with Gasteiger partial charge in [-0.1, -0.05) is 103 Å². The Balaban J connectivity index is 2.45. The number of carbonyl (C=O) groups excluding carboxylic acids is 1. The maximum atomic E-state index is 13.7. The van der Waals surface area contributed by atoms with Crippen LogP contribution in [0.1, 0.15) is 63.8 Å². The Morgan fingerprint density at radius 3 is 2.03 bits per heavy atom. The highest BCUT2D eigenvalue weighted by Crippen LogP contribution is 2.42. The van der Waals surface area contributed by atoms with E-state index in [0.717, 1.165) is 22.3 Å². The molecule has 0 aliphatic heterocycles. The second kappa shape index (κ2) is 10.8. The van der Waals surface area contributed by atoms with Gasteiger partial charge in [0.2, 0.25) is 0 Å². The zero-order chi connectivity index (χ0) is 23.2. The number of nitrogens with zero attached hydrogens (tertiary/aromatic N) is 1. The molecule has 2 aromatic carbocycles. The number of rotatable bonds is 9. The highest BCUT2D eigenvalue weighted by atomic mass is 28.4. The Morgan fingerprint density at radius 2 is 1.52 bits per heavy atom. The lowest BCUT2D eigenvalue weighted by Gasteiger charge is -2.42. The summed E-state index contributed by atoms with van der Waals surface area (Å²) in [6.07, 6.45) is 1.66. The van der Waals surface area contributed by atoms with Gasteiger partial charge in [-0.2, -0.15) is 0 Å². The molecule has 0 radical (unpaired) electrons. The third-order valence-electron chi connectivity index (χ3n) is 6.46. The van der Waals surface area contributed by atoms with E-state index in [2.05, 4.69) is 79.3 Å². The second-order valence-corrected chi connectivity index (χ2v) is 14.7. The number of benzene rings is 2. The van der Waals surface area contributed by atoms with Crippen molar-refractivity contribution in [1.82, 2.24) is 4.90 Å². The van der Waals surface area contributed by atoms with Gasteiger partial charge >= 0.3 is 6.09 Å². The minimum Gasteiger partial charge on any atom is -0.503 e. The fourth-order valence-electron chi connectivity index (χ4n) is 4.88. The summed E-state index contributed by atoms with van der Waals surface area (Å²) in [5.74, 6) is 0. The van der Waals surface area contributed by atoms with Crippen LogP contribution in [0.15, 0.2) is 55.1 Å². The largest absolute Gasteiger partial charge is 0.503 e. The minimum absolute atomic E-state index is 0.204. The van der Waals surface area contributed by atoms with Gasteiger partial charge in [-0.3, -0.25) is 0 Å². The molecule has 0 spiro atoms. The van der Waals surface area contributed by atoms with Gasteiger partial charge in [-0.15, -0.1) is 0 Å². The van der Waals surface area contributed by atoms with Crippen molar-refractivity contribution in [1.29, 1.82) is 0 Å². The summed E-state index contributed by atoms with van der Waals surface area (Å²) in [5, 5.41) is 0. The van der Waals surface area contributed by atoms with E-state index in [9.17, 15) is 4.79 Å². The Labute approximate surface area is 190 Å². The van der Waals surface area contributed by atoms with Crippen LogP contribution in [-0.4, -0.2) is 19.3 Å². The second-order valence-electron chi connectivity index (χ2n) is 9.37. The monoisotopic (exact) mass is 437 g/mol. The molecule has 0 atom stereocenters. The predicted molar refractivity (Wildman–Crippen MR) is 134 cm³/mol. The first-order valence-corrected chi connectivity index (χ1v) is 13.5. The molecule has 0 saturated carbocycles. The molecular formula is C27H39NO2Si. The van der Waals surface area contributed by atoms with Crippen molar-refractivity contribution in [3.63, 3.8) is 0 Å². The van der Waals surface area contributed by atoms with E-state index in [4.69, 9.17) is 4.43 Å². The smallest absolute Gasteiger partial charge is 0.396 e. The summed E-state index contributed by atoms with van der Waals surface area (Å²) in [5.41, 5.74) is 5.47. The van der Waals surface area contributed by atoms with Gasteiger partial charge < -0.3 is 9.33 Å². The lowest BCUT2D eigenvalue weighted by atomic mass is 10.0. The van der Waals surface area contributed by atoms with Crippen molar-refractivity contribution in [2.24, 2.45) is 0 Å². The molecule has 0 aliphatic carbocycles. The first-order chi connectivity index (χ1) is 14.6. The van der Waals surface area contributed by atoms with Crippen LogP contribution >= 0.6 is 0 Å². The third-order valence-corrected chi connectivity index (χ3v) is 12.4. The maximum Gasteiger partial charge on any atom is 0.396 e. The normalized spacial score (nSPS) is 11.8. The van der Waals surface area contributed by atoms with E-state index < -0.39 is 8.32 Å². The summed E-state index contributed by atoms with van der Waals surface area (Å²) in [6, 6.07) is 16.3. The topological polar surface area (TPSA) is 29.5 Å². The molecule has 2 rings (SSSR count). The number of carbonyl (C=O) groups is 1. The van der Waals surface area contributed by atoms with Crippen molar-refractivity contribution in [3.8, 4) is 0 Å². The van der Waals surface area contributed by atoms with Crippen molar-refractivity contribution < 1.29 is 9.22 Å². The quantitative estimate of drug-likeness (QED) is 0.372. The molecule has 0 unspecified atom stereocenters. The van der Waals surface area contributed by atoms with Crippen molar-refractivity contribution in [2.75, 3.05) is 0 Å². The molecule has 0 fully saturated rings. The fraction of sp³-hybridized carbons (Fsp3) is 0.444. The molecule has 31 heavy (non-hydrogen) atoms. The van der Waals surface area contributed by atoms with E-state index in [1.165, 1.54) is 0 Å². The Kier molecular flexibility index (Phi) is 8.69. The summed E-state index contributed by atoms with van der Waals surface area (Å²) >= 11 is 0. The van der Waals surface area contributed by atoms with Gasteiger partial charge in [-0.25, -0.2) is 4.79 Å². The van der Waals surface area contributed by atoms with Crippen LogP contribution in [0, 0.1) is 6.92 Å². The van der Waals surface area contributed by atoms with Crippen LogP contribution in [0.4, 0.5) is 4.79 Å². The van der Waals surface area contributed by atoms with E-state index in [1.54, 1.807) is 0 Å². The van der Waals surface area contributed by atoms with Gasteiger partial charge in [0.05, 0.1) is 6.54 Å². The van der Waals surface area contributed by atoms with Crippen LogP contribution < -0.4 is 0 Å². The summed E-state index contributed by atoms with van der Waals surface area (Å²) in [6.45, 7) is 20.3.